The van der Waals surface area contributed by atoms with Crippen LogP contribution in [0.5, 0.6) is 0 Å². The maximum Gasteiger partial charge on any atom is 0.337 e. The van der Waals surface area contributed by atoms with Gasteiger partial charge in [-0.05, 0) is 25.0 Å². The summed E-state index contributed by atoms with van der Waals surface area (Å²) >= 11 is 0. The molecule has 0 saturated heterocycles. The van der Waals surface area contributed by atoms with Crippen LogP contribution in [-0.4, -0.2) is 29.3 Å². The highest BCUT2D eigenvalue weighted by Gasteiger charge is 2.26. The van der Waals surface area contributed by atoms with Crippen molar-refractivity contribution in [3.8, 4) is 0 Å². The van der Waals surface area contributed by atoms with Gasteiger partial charge in [-0.2, -0.15) is 0 Å². The second-order valence-corrected chi connectivity index (χ2v) is 4.69. The number of anilines is 1. The van der Waals surface area contributed by atoms with E-state index < -0.39 is 11.8 Å². The molecule has 3 N–H and O–H groups in total. The molecule has 106 valence electrons. The molecule has 4 nitrogen and oxygen atoms in total. The third-order valence-corrected chi connectivity index (χ3v) is 3.72. The minimum atomic E-state index is -1.18. The van der Waals surface area contributed by atoms with Crippen LogP contribution in [0, 0.1) is 11.2 Å². The van der Waals surface area contributed by atoms with E-state index in [1.54, 1.807) is 0 Å². The number of benzene rings is 1. The highest BCUT2D eigenvalue weighted by Crippen LogP contribution is 2.28. The Kier molecular flexibility index (Phi) is 5.30. The zero-order chi connectivity index (χ0) is 14.5. The molecule has 0 radical (unpaired) electrons. The third kappa shape index (κ3) is 3.44. The molecule has 0 saturated carbocycles. The predicted octanol–water partition coefficient (Wildman–Crippen LogP) is 2.73. The summed E-state index contributed by atoms with van der Waals surface area (Å²) in [5, 5.41) is 21.3. The number of hydrogen-bond donors (Lipinski definition) is 3. The molecule has 0 amide bonds. The van der Waals surface area contributed by atoms with Crippen LogP contribution in [0.2, 0.25) is 0 Å². The van der Waals surface area contributed by atoms with E-state index in [9.17, 15) is 14.3 Å². The SMILES string of the molecule is CCC(CC)(CO)CNc1c(F)cccc1C(=O)O. The molecule has 0 fully saturated rings. The van der Waals surface area contributed by atoms with E-state index in [-0.39, 0.29) is 23.3 Å². The number of carboxylic acids is 1. The van der Waals surface area contributed by atoms with Crippen LogP contribution >= 0.6 is 0 Å². The van der Waals surface area contributed by atoms with E-state index in [0.717, 1.165) is 12.8 Å². The first-order chi connectivity index (χ1) is 8.99. The average molecular weight is 269 g/mol. The summed E-state index contributed by atoms with van der Waals surface area (Å²) in [5.41, 5.74) is -0.480. The van der Waals surface area contributed by atoms with E-state index >= 15 is 0 Å². The molecule has 0 aliphatic carbocycles. The van der Waals surface area contributed by atoms with E-state index in [2.05, 4.69) is 5.32 Å². The number of aromatic carboxylic acids is 1. The molecule has 0 bridgehead atoms. The minimum Gasteiger partial charge on any atom is -0.478 e. The Hall–Kier alpha value is -1.62. The van der Waals surface area contributed by atoms with Crippen LogP contribution in [-0.2, 0) is 0 Å². The lowest BCUT2D eigenvalue weighted by Crippen LogP contribution is -2.33. The fourth-order valence-electron chi connectivity index (χ4n) is 1.94. The molecule has 0 aromatic heterocycles. The van der Waals surface area contributed by atoms with Crippen molar-refractivity contribution in [2.45, 2.75) is 26.7 Å². The molecule has 0 aliphatic rings. The lowest BCUT2D eigenvalue weighted by Gasteiger charge is -2.30. The molecule has 1 aromatic rings. The van der Waals surface area contributed by atoms with Gasteiger partial charge in [0.2, 0.25) is 0 Å². The number of rotatable bonds is 7. The van der Waals surface area contributed by atoms with Crippen molar-refractivity contribution in [1.29, 1.82) is 0 Å². The van der Waals surface area contributed by atoms with Crippen LogP contribution in [0.1, 0.15) is 37.0 Å². The molecular formula is C14H20FNO3. The maximum atomic E-state index is 13.7. The van der Waals surface area contributed by atoms with Gasteiger partial charge in [-0.15, -0.1) is 0 Å². The molecule has 1 aromatic carbocycles. The van der Waals surface area contributed by atoms with Crippen molar-refractivity contribution in [3.05, 3.63) is 29.6 Å². The van der Waals surface area contributed by atoms with Gasteiger partial charge in [0.1, 0.15) is 5.82 Å². The van der Waals surface area contributed by atoms with Crippen molar-refractivity contribution in [1.82, 2.24) is 0 Å². The Morgan fingerprint density at radius 1 is 1.37 bits per heavy atom. The Bertz CT molecular complexity index is 436. The highest BCUT2D eigenvalue weighted by molar-refractivity contribution is 5.94. The number of nitrogens with one attached hydrogen (secondary N) is 1. The van der Waals surface area contributed by atoms with Crippen LogP contribution in [0.15, 0.2) is 18.2 Å². The Balaban J connectivity index is 2.97. The molecule has 0 unspecified atom stereocenters. The van der Waals surface area contributed by atoms with Crippen LogP contribution < -0.4 is 5.32 Å². The van der Waals surface area contributed by atoms with Gasteiger partial charge in [-0.3, -0.25) is 0 Å². The van der Waals surface area contributed by atoms with Crippen molar-refractivity contribution >= 4 is 11.7 Å². The second-order valence-electron chi connectivity index (χ2n) is 4.69. The lowest BCUT2D eigenvalue weighted by atomic mass is 9.83. The van der Waals surface area contributed by atoms with Crippen molar-refractivity contribution in [3.63, 3.8) is 0 Å². The van der Waals surface area contributed by atoms with Gasteiger partial charge < -0.3 is 15.5 Å². The summed E-state index contributed by atoms with van der Waals surface area (Å²) in [6.45, 7) is 4.20. The Labute approximate surface area is 112 Å². The number of hydrogen-bond acceptors (Lipinski definition) is 3. The Morgan fingerprint density at radius 3 is 2.47 bits per heavy atom. The first-order valence-electron chi connectivity index (χ1n) is 6.36. The molecule has 5 heteroatoms. The topological polar surface area (TPSA) is 69.6 Å². The lowest BCUT2D eigenvalue weighted by molar-refractivity contribution is 0.0697. The van der Waals surface area contributed by atoms with Crippen LogP contribution in [0.3, 0.4) is 0 Å². The van der Waals surface area contributed by atoms with Crippen LogP contribution in [0.4, 0.5) is 10.1 Å². The number of carboxylic acid groups (broad SMARTS) is 1. The van der Waals surface area contributed by atoms with E-state index in [1.807, 2.05) is 13.8 Å². The summed E-state index contributed by atoms with van der Waals surface area (Å²) < 4.78 is 13.7. The molecule has 0 heterocycles. The van der Waals surface area contributed by atoms with Crippen molar-refractivity contribution in [2.24, 2.45) is 5.41 Å². The van der Waals surface area contributed by atoms with Gasteiger partial charge in [0, 0.05) is 12.0 Å². The minimum absolute atomic E-state index is 0.0188. The van der Waals surface area contributed by atoms with Gasteiger partial charge in [0.05, 0.1) is 17.9 Å². The maximum absolute atomic E-state index is 13.7. The summed E-state index contributed by atoms with van der Waals surface area (Å²) in [4.78, 5) is 11.1. The van der Waals surface area contributed by atoms with Crippen LogP contribution in [0.25, 0.3) is 0 Å². The first kappa shape index (κ1) is 15.4. The average Bonchev–Trinajstić information content (AvgIpc) is 2.42. The summed E-state index contributed by atoms with van der Waals surface area (Å²) in [5.74, 6) is -1.77. The molecule has 0 spiro atoms. The number of halogens is 1. The molecular weight excluding hydrogens is 249 g/mol. The number of para-hydroxylation sites is 1. The van der Waals surface area contributed by atoms with E-state index in [0.29, 0.717) is 6.54 Å². The quantitative estimate of drug-likeness (QED) is 0.712. The fraction of sp³-hybridized carbons (Fsp3) is 0.500. The zero-order valence-electron chi connectivity index (χ0n) is 11.2. The molecule has 0 aliphatic heterocycles. The monoisotopic (exact) mass is 269 g/mol. The normalized spacial score (nSPS) is 11.4. The summed E-state index contributed by atoms with van der Waals surface area (Å²) in [6, 6.07) is 3.93. The van der Waals surface area contributed by atoms with Gasteiger partial charge in [0.25, 0.3) is 0 Å². The molecule has 0 atom stereocenters. The van der Waals surface area contributed by atoms with Gasteiger partial charge >= 0.3 is 5.97 Å². The third-order valence-electron chi connectivity index (χ3n) is 3.72. The second kappa shape index (κ2) is 6.52. The largest absolute Gasteiger partial charge is 0.478 e. The van der Waals surface area contributed by atoms with Crippen molar-refractivity contribution in [2.75, 3.05) is 18.5 Å². The molecule has 19 heavy (non-hydrogen) atoms. The van der Waals surface area contributed by atoms with Gasteiger partial charge in [0.15, 0.2) is 0 Å². The van der Waals surface area contributed by atoms with Crippen molar-refractivity contribution < 1.29 is 19.4 Å². The zero-order valence-corrected chi connectivity index (χ0v) is 11.2. The van der Waals surface area contributed by atoms with Gasteiger partial charge in [-0.25, -0.2) is 9.18 Å². The van der Waals surface area contributed by atoms with Gasteiger partial charge in [-0.1, -0.05) is 19.9 Å². The summed E-state index contributed by atoms with van der Waals surface area (Å²) in [6.07, 6.45) is 1.45. The highest BCUT2D eigenvalue weighted by atomic mass is 19.1. The number of aliphatic hydroxyl groups is 1. The number of aliphatic hydroxyl groups excluding tert-OH is 1. The predicted molar refractivity (Wildman–Crippen MR) is 71.9 cm³/mol. The number of carbonyl (C=O) groups is 1. The summed E-state index contributed by atoms with van der Waals surface area (Å²) in [7, 11) is 0. The van der Waals surface area contributed by atoms with E-state index in [1.165, 1.54) is 18.2 Å². The Morgan fingerprint density at radius 2 is 2.00 bits per heavy atom. The fourth-order valence-corrected chi connectivity index (χ4v) is 1.94. The first-order valence-corrected chi connectivity index (χ1v) is 6.36. The smallest absolute Gasteiger partial charge is 0.337 e. The van der Waals surface area contributed by atoms with E-state index in [4.69, 9.17) is 5.11 Å². The standard InChI is InChI=1S/C14H20FNO3/c1-3-14(4-2,9-17)8-16-12-10(13(18)19)6-5-7-11(12)15/h5-7,16-17H,3-4,8-9H2,1-2H3,(H,18,19). The molecule has 1 rings (SSSR count).